The largest absolute Gasteiger partial charge is 0.163 e. The zero-order chi connectivity index (χ0) is 5.82. The van der Waals surface area contributed by atoms with Crippen LogP contribution in [0.15, 0.2) is 10.2 Å². The normalized spacial score (nSPS) is 19.9. The first kappa shape index (κ1) is 5.95. The van der Waals surface area contributed by atoms with Crippen molar-refractivity contribution in [3.05, 3.63) is 0 Å². The van der Waals surface area contributed by atoms with Crippen molar-refractivity contribution >= 4 is 26.8 Å². The van der Waals surface area contributed by atoms with Crippen molar-refractivity contribution in [3.63, 3.8) is 0 Å². The summed E-state index contributed by atoms with van der Waals surface area (Å²) in [5.74, 6) is 0. The average molecular weight is 175 g/mol. The molecule has 0 spiro atoms. The molecule has 0 aliphatic carbocycles. The molecule has 44 valence electrons. The first-order valence-corrected chi connectivity index (χ1v) is 3.43. The van der Waals surface area contributed by atoms with Gasteiger partial charge in [0.05, 0.1) is 0 Å². The maximum atomic E-state index is 3.83. The van der Waals surface area contributed by atoms with Gasteiger partial charge in [-0.05, 0) is 35.2 Å². The minimum atomic E-state index is 0.964. The number of halogens is 1. The van der Waals surface area contributed by atoms with E-state index in [1.54, 1.807) is 0 Å². The third-order valence-electron chi connectivity index (χ3n) is 0.964. The highest BCUT2D eigenvalue weighted by Crippen LogP contribution is 2.05. The molecule has 0 aromatic carbocycles. The summed E-state index contributed by atoms with van der Waals surface area (Å²) in [4.78, 5) is 0. The first-order chi connectivity index (χ1) is 3.89. The minimum absolute atomic E-state index is 0.964. The molecule has 0 bridgehead atoms. The summed E-state index contributed by atoms with van der Waals surface area (Å²) < 4.78 is 0.964. The lowest BCUT2D eigenvalue weighted by Gasteiger charge is -1.86. The van der Waals surface area contributed by atoms with Gasteiger partial charge in [0.2, 0.25) is 0 Å². The van der Waals surface area contributed by atoms with Crippen LogP contribution in [-0.2, 0) is 0 Å². The molecule has 2 nitrogen and oxygen atoms in total. The molecule has 3 heteroatoms. The standard InChI is InChI=1S/C5H7BrN2/c6-5-3-1-2-4-7-8-5/h4H,1-3H2. The molecule has 0 saturated carbocycles. The lowest BCUT2D eigenvalue weighted by molar-refractivity contribution is 0.951. The molecule has 1 aliphatic heterocycles. The van der Waals surface area contributed by atoms with Crippen LogP contribution in [0.3, 0.4) is 0 Å². The van der Waals surface area contributed by atoms with E-state index in [2.05, 4.69) is 26.1 Å². The predicted octanol–water partition coefficient (Wildman–Crippen LogP) is 1.95. The van der Waals surface area contributed by atoms with Gasteiger partial charge in [0.1, 0.15) is 4.62 Å². The van der Waals surface area contributed by atoms with Crippen molar-refractivity contribution in [2.24, 2.45) is 10.2 Å². The Balaban J connectivity index is 2.52. The third-order valence-corrected chi connectivity index (χ3v) is 1.52. The summed E-state index contributed by atoms with van der Waals surface area (Å²) in [6, 6.07) is 0. The predicted molar refractivity (Wildman–Crippen MR) is 38.7 cm³/mol. The summed E-state index contributed by atoms with van der Waals surface area (Å²) in [5, 5.41) is 7.59. The monoisotopic (exact) mass is 174 g/mol. The SMILES string of the molecule is BrC1=NN=CCCC1. The molecule has 0 radical (unpaired) electrons. The van der Waals surface area contributed by atoms with Crippen LogP contribution in [0.25, 0.3) is 0 Å². The fraction of sp³-hybridized carbons (Fsp3) is 0.600. The zero-order valence-electron chi connectivity index (χ0n) is 4.47. The van der Waals surface area contributed by atoms with Gasteiger partial charge in [0, 0.05) is 6.21 Å². The van der Waals surface area contributed by atoms with Crippen LogP contribution in [0.2, 0.25) is 0 Å². The van der Waals surface area contributed by atoms with Crippen LogP contribution in [0.4, 0.5) is 0 Å². The summed E-state index contributed by atoms with van der Waals surface area (Å²) in [6.45, 7) is 0. The lowest BCUT2D eigenvalue weighted by atomic mass is 10.3. The van der Waals surface area contributed by atoms with Gasteiger partial charge < -0.3 is 0 Å². The van der Waals surface area contributed by atoms with E-state index in [1.165, 1.54) is 0 Å². The van der Waals surface area contributed by atoms with Crippen molar-refractivity contribution in [2.45, 2.75) is 19.3 Å². The molecule has 0 fully saturated rings. The Labute approximate surface area is 56.8 Å². The molecule has 0 N–H and O–H groups in total. The molecular weight excluding hydrogens is 168 g/mol. The highest BCUT2D eigenvalue weighted by Gasteiger charge is 1.94. The number of nitrogens with zero attached hydrogens (tertiary/aromatic N) is 2. The summed E-state index contributed by atoms with van der Waals surface area (Å²) in [7, 11) is 0. The maximum absolute atomic E-state index is 3.83. The van der Waals surface area contributed by atoms with E-state index in [4.69, 9.17) is 0 Å². The van der Waals surface area contributed by atoms with Gasteiger partial charge in [-0.15, -0.1) is 5.10 Å². The second kappa shape index (κ2) is 2.97. The van der Waals surface area contributed by atoms with Crippen molar-refractivity contribution in [3.8, 4) is 0 Å². The maximum Gasteiger partial charge on any atom is 0.106 e. The molecule has 0 amide bonds. The minimum Gasteiger partial charge on any atom is -0.163 e. The molecule has 0 saturated heterocycles. The van der Waals surface area contributed by atoms with Crippen LogP contribution in [0.1, 0.15) is 19.3 Å². The second-order valence-electron chi connectivity index (χ2n) is 1.67. The van der Waals surface area contributed by atoms with Gasteiger partial charge >= 0.3 is 0 Å². The summed E-state index contributed by atoms with van der Waals surface area (Å²) in [5.41, 5.74) is 0. The Hall–Kier alpha value is -0.180. The Bertz CT molecular complexity index is 128. The number of hydrogen-bond acceptors (Lipinski definition) is 2. The second-order valence-corrected chi connectivity index (χ2v) is 2.58. The van der Waals surface area contributed by atoms with Crippen LogP contribution >= 0.6 is 15.9 Å². The Kier molecular flexibility index (Phi) is 2.21. The Morgan fingerprint density at radius 1 is 1.62 bits per heavy atom. The van der Waals surface area contributed by atoms with E-state index in [0.29, 0.717) is 0 Å². The highest BCUT2D eigenvalue weighted by molar-refractivity contribution is 9.18. The van der Waals surface area contributed by atoms with Crippen LogP contribution < -0.4 is 0 Å². The molecule has 1 heterocycles. The lowest BCUT2D eigenvalue weighted by Crippen LogP contribution is -1.81. The molecule has 0 aromatic heterocycles. The van der Waals surface area contributed by atoms with Crippen molar-refractivity contribution < 1.29 is 0 Å². The number of rotatable bonds is 0. The fourth-order valence-electron chi connectivity index (χ4n) is 0.550. The zero-order valence-corrected chi connectivity index (χ0v) is 6.06. The van der Waals surface area contributed by atoms with Crippen molar-refractivity contribution in [2.75, 3.05) is 0 Å². The van der Waals surface area contributed by atoms with Crippen LogP contribution in [0, 0.1) is 0 Å². The van der Waals surface area contributed by atoms with Crippen LogP contribution in [0.5, 0.6) is 0 Å². The van der Waals surface area contributed by atoms with E-state index >= 15 is 0 Å². The van der Waals surface area contributed by atoms with Gasteiger partial charge in [0.25, 0.3) is 0 Å². The third kappa shape index (κ3) is 1.74. The fourth-order valence-corrected chi connectivity index (χ4v) is 0.922. The van der Waals surface area contributed by atoms with E-state index in [1.807, 2.05) is 6.21 Å². The molecule has 8 heavy (non-hydrogen) atoms. The van der Waals surface area contributed by atoms with Gasteiger partial charge in [-0.3, -0.25) is 0 Å². The average Bonchev–Trinajstić information content (AvgIpc) is 1.94. The first-order valence-electron chi connectivity index (χ1n) is 2.63. The molecule has 1 aliphatic rings. The van der Waals surface area contributed by atoms with E-state index in [0.717, 1.165) is 23.9 Å². The van der Waals surface area contributed by atoms with Gasteiger partial charge in [-0.25, -0.2) is 0 Å². The van der Waals surface area contributed by atoms with E-state index in [-0.39, 0.29) is 0 Å². The van der Waals surface area contributed by atoms with Gasteiger partial charge in [-0.2, -0.15) is 5.10 Å². The highest BCUT2D eigenvalue weighted by atomic mass is 79.9. The topological polar surface area (TPSA) is 24.7 Å². The molecule has 0 atom stereocenters. The molecule has 0 aromatic rings. The van der Waals surface area contributed by atoms with E-state index in [9.17, 15) is 0 Å². The Morgan fingerprint density at radius 3 is 3.38 bits per heavy atom. The smallest absolute Gasteiger partial charge is 0.106 e. The molecule has 1 rings (SSSR count). The Morgan fingerprint density at radius 2 is 2.50 bits per heavy atom. The van der Waals surface area contributed by atoms with Crippen LogP contribution in [-0.4, -0.2) is 10.8 Å². The summed E-state index contributed by atoms with van der Waals surface area (Å²) in [6.07, 6.45) is 5.08. The van der Waals surface area contributed by atoms with Crippen molar-refractivity contribution in [1.82, 2.24) is 0 Å². The van der Waals surface area contributed by atoms with Gasteiger partial charge in [-0.1, -0.05) is 0 Å². The quantitative estimate of drug-likeness (QED) is 0.537. The van der Waals surface area contributed by atoms with Crippen molar-refractivity contribution in [1.29, 1.82) is 0 Å². The van der Waals surface area contributed by atoms with Gasteiger partial charge in [0.15, 0.2) is 0 Å². The molecule has 0 unspecified atom stereocenters. The van der Waals surface area contributed by atoms with E-state index < -0.39 is 0 Å². The summed E-state index contributed by atoms with van der Waals surface area (Å²) >= 11 is 3.27. The molecular formula is C5H7BrN2. The number of hydrogen-bond donors (Lipinski definition) is 0.